The molecule has 0 aliphatic carbocycles. The summed E-state index contributed by atoms with van der Waals surface area (Å²) < 4.78 is 5.27. The number of amides is 1. The van der Waals surface area contributed by atoms with Crippen LogP contribution in [0.3, 0.4) is 0 Å². The van der Waals surface area contributed by atoms with Crippen LogP contribution in [0.25, 0.3) is 0 Å². The normalized spacial score (nSPS) is 10.7. The van der Waals surface area contributed by atoms with Gasteiger partial charge in [-0.25, -0.2) is 5.43 Å². The zero-order chi connectivity index (χ0) is 14.7. The number of furan rings is 1. The summed E-state index contributed by atoms with van der Waals surface area (Å²) in [6, 6.07) is 5.52. The van der Waals surface area contributed by atoms with Gasteiger partial charge in [0.05, 0.1) is 11.8 Å². The highest BCUT2D eigenvalue weighted by Gasteiger charge is 2.18. The lowest BCUT2D eigenvalue weighted by Gasteiger charge is -1.97. The number of thiophene rings is 1. The Labute approximate surface area is 119 Å². The first kappa shape index (κ1) is 13.8. The van der Waals surface area contributed by atoms with Crippen molar-refractivity contribution in [2.75, 3.05) is 5.73 Å². The van der Waals surface area contributed by atoms with Crippen LogP contribution in [-0.2, 0) is 0 Å². The van der Waals surface area contributed by atoms with Gasteiger partial charge in [0.2, 0.25) is 0 Å². The number of hydrogen-bond donors (Lipinski definition) is 2. The van der Waals surface area contributed by atoms with E-state index in [0.717, 1.165) is 17.1 Å². The van der Waals surface area contributed by atoms with E-state index in [1.807, 2.05) is 13.0 Å². The van der Waals surface area contributed by atoms with E-state index in [0.29, 0.717) is 26.8 Å². The van der Waals surface area contributed by atoms with Crippen molar-refractivity contribution in [3.63, 3.8) is 0 Å². The third-order valence-corrected chi connectivity index (χ3v) is 3.73. The van der Waals surface area contributed by atoms with Crippen molar-refractivity contribution < 1.29 is 9.21 Å². The number of nitrogens with zero attached hydrogens (tertiary/aromatic N) is 2. The molecule has 2 aromatic heterocycles. The minimum Gasteiger partial charge on any atom is -0.460 e. The van der Waals surface area contributed by atoms with Crippen LogP contribution in [0.5, 0.6) is 0 Å². The molecule has 0 aliphatic heterocycles. The second-order valence-electron chi connectivity index (χ2n) is 4.05. The molecule has 0 unspecified atom stereocenters. The Hall–Kier alpha value is -2.59. The highest BCUT2D eigenvalue weighted by Crippen LogP contribution is 2.29. The SMILES string of the molecule is Cc1ccc(/C=N\NC(=O)c2sc(N)c(C#N)c2C)o1. The van der Waals surface area contributed by atoms with Gasteiger partial charge in [0.1, 0.15) is 27.5 Å². The lowest BCUT2D eigenvalue weighted by atomic mass is 10.2. The average molecular weight is 288 g/mol. The van der Waals surface area contributed by atoms with Crippen LogP contribution in [0.4, 0.5) is 5.00 Å². The van der Waals surface area contributed by atoms with Gasteiger partial charge in [-0.1, -0.05) is 0 Å². The number of nitrogens with one attached hydrogen (secondary N) is 1. The minimum absolute atomic E-state index is 0.334. The standard InChI is InChI=1S/C13H12N4O2S/c1-7-3-4-9(19-7)6-16-17-13(18)11-8(2)10(5-14)12(15)20-11/h3-4,6H,15H2,1-2H3,(H,17,18)/b16-6-. The molecule has 102 valence electrons. The maximum absolute atomic E-state index is 11.9. The monoisotopic (exact) mass is 288 g/mol. The van der Waals surface area contributed by atoms with Gasteiger partial charge in [0.15, 0.2) is 0 Å². The van der Waals surface area contributed by atoms with E-state index < -0.39 is 5.91 Å². The van der Waals surface area contributed by atoms with Gasteiger partial charge in [0.25, 0.3) is 5.91 Å². The van der Waals surface area contributed by atoms with Gasteiger partial charge in [0, 0.05) is 0 Å². The number of anilines is 1. The van der Waals surface area contributed by atoms with Crippen molar-refractivity contribution in [2.24, 2.45) is 5.10 Å². The van der Waals surface area contributed by atoms with Crippen molar-refractivity contribution in [2.45, 2.75) is 13.8 Å². The molecule has 20 heavy (non-hydrogen) atoms. The molecule has 0 fully saturated rings. The molecule has 2 rings (SSSR count). The Balaban J connectivity index is 2.10. The van der Waals surface area contributed by atoms with Gasteiger partial charge < -0.3 is 10.2 Å². The zero-order valence-electron chi connectivity index (χ0n) is 10.9. The smallest absolute Gasteiger partial charge is 0.281 e. The molecule has 0 bridgehead atoms. The maximum Gasteiger partial charge on any atom is 0.281 e. The Morgan fingerprint density at radius 2 is 2.30 bits per heavy atom. The Morgan fingerprint density at radius 1 is 1.55 bits per heavy atom. The fraction of sp³-hybridized carbons (Fsp3) is 0.154. The Kier molecular flexibility index (Phi) is 3.86. The van der Waals surface area contributed by atoms with Crippen LogP contribution in [0, 0.1) is 25.2 Å². The number of rotatable bonds is 3. The summed E-state index contributed by atoms with van der Waals surface area (Å²) in [5, 5.41) is 13.1. The first-order chi connectivity index (χ1) is 9.52. The van der Waals surface area contributed by atoms with E-state index >= 15 is 0 Å². The summed E-state index contributed by atoms with van der Waals surface area (Å²) in [4.78, 5) is 12.3. The van der Waals surface area contributed by atoms with E-state index in [2.05, 4.69) is 10.5 Å². The van der Waals surface area contributed by atoms with Gasteiger partial charge in [-0.15, -0.1) is 11.3 Å². The second kappa shape index (κ2) is 5.59. The van der Waals surface area contributed by atoms with Gasteiger partial charge >= 0.3 is 0 Å². The molecular formula is C13H12N4O2S. The molecule has 3 N–H and O–H groups in total. The first-order valence-electron chi connectivity index (χ1n) is 5.71. The number of carbonyl (C=O) groups excluding carboxylic acids is 1. The summed E-state index contributed by atoms with van der Waals surface area (Å²) >= 11 is 1.07. The first-order valence-corrected chi connectivity index (χ1v) is 6.53. The third-order valence-electron chi connectivity index (χ3n) is 2.61. The van der Waals surface area contributed by atoms with Crippen LogP contribution >= 0.6 is 11.3 Å². The number of aryl methyl sites for hydroxylation is 1. The molecule has 2 heterocycles. The number of carbonyl (C=O) groups is 1. The van der Waals surface area contributed by atoms with Crippen LogP contribution in [0.1, 0.15) is 32.3 Å². The van der Waals surface area contributed by atoms with Gasteiger partial charge in [-0.3, -0.25) is 4.79 Å². The fourth-order valence-electron chi connectivity index (χ4n) is 1.62. The summed E-state index contributed by atoms with van der Waals surface area (Å²) in [6.45, 7) is 3.50. The number of nitrogens with two attached hydrogens (primary N) is 1. The van der Waals surface area contributed by atoms with Crippen LogP contribution < -0.4 is 11.2 Å². The predicted molar refractivity (Wildman–Crippen MR) is 76.7 cm³/mol. The average Bonchev–Trinajstić information content (AvgIpc) is 2.93. The molecule has 0 radical (unpaired) electrons. The number of nitrogen functional groups attached to an aromatic ring is 1. The maximum atomic E-state index is 11.9. The minimum atomic E-state index is -0.403. The molecule has 0 atom stereocenters. The summed E-state index contributed by atoms with van der Waals surface area (Å²) in [5.41, 5.74) is 8.96. The van der Waals surface area contributed by atoms with E-state index in [1.165, 1.54) is 6.21 Å². The molecule has 2 aromatic rings. The van der Waals surface area contributed by atoms with E-state index in [-0.39, 0.29) is 0 Å². The number of hydrazone groups is 1. The van der Waals surface area contributed by atoms with Crippen LogP contribution in [0.2, 0.25) is 0 Å². The number of hydrogen-bond acceptors (Lipinski definition) is 6. The molecule has 0 saturated carbocycles. The van der Waals surface area contributed by atoms with Crippen molar-refractivity contribution >= 4 is 28.5 Å². The van der Waals surface area contributed by atoms with Crippen molar-refractivity contribution in [3.8, 4) is 6.07 Å². The topological polar surface area (TPSA) is 104 Å². The molecule has 6 nitrogen and oxygen atoms in total. The molecule has 1 amide bonds. The highest BCUT2D eigenvalue weighted by molar-refractivity contribution is 7.18. The third kappa shape index (κ3) is 2.70. The van der Waals surface area contributed by atoms with Crippen LogP contribution in [-0.4, -0.2) is 12.1 Å². The summed E-state index contributed by atoms with van der Waals surface area (Å²) in [5.74, 6) is 0.904. The van der Waals surface area contributed by atoms with E-state index in [4.69, 9.17) is 15.4 Å². The fourth-order valence-corrected chi connectivity index (χ4v) is 2.53. The molecule has 0 spiro atoms. The summed E-state index contributed by atoms with van der Waals surface area (Å²) in [6.07, 6.45) is 1.41. The highest BCUT2D eigenvalue weighted by atomic mass is 32.1. The Morgan fingerprint density at radius 3 is 2.85 bits per heavy atom. The number of nitriles is 1. The van der Waals surface area contributed by atoms with Crippen LogP contribution in [0.15, 0.2) is 21.7 Å². The molecule has 7 heteroatoms. The van der Waals surface area contributed by atoms with Gasteiger partial charge in [-0.2, -0.15) is 10.4 Å². The molecule has 0 aliphatic rings. The van der Waals surface area contributed by atoms with E-state index in [1.54, 1.807) is 19.1 Å². The Bertz CT molecular complexity index is 721. The molecule has 0 aromatic carbocycles. The van der Waals surface area contributed by atoms with Crippen molar-refractivity contribution in [1.29, 1.82) is 5.26 Å². The second-order valence-corrected chi connectivity index (χ2v) is 5.11. The van der Waals surface area contributed by atoms with Crippen molar-refractivity contribution in [1.82, 2.24) is 5.43 Å². The molecular weight excluding hydrogens is 276 g/mol. The molecule has 0 saturated heterocycles. The largest absolute Gasteiger partial charge is 0.460 e. The predicted octanol–water partition coefficient (Wildman–Crippen LogP) is 2.18. The lowest BCUT2D eigenvalue weighted by Crippen LogP contribution is -2.17. The lowest BCUT2D eigenvalue weighted by molar-refractivity contribution is 0.0958. The summed E-state index contributed by atoms with van der Waals surface area (Å²) in [7, 11) is 0. The van der Waals surface area contributed by atoms with Gasteiger partial charge in [-0.05, 0) is 31.5 Å². The zero-order valence-corrected chi connectivity index (χ0v) is 11.7. The van der Waals surface area contributed by atoms with Crippen molar-refractivity contribution in [3.05, 3.63) is 39.7 Å². The quantitative estimate of drug-likeness (QED) is 0.667. The van der Waals surface area contributed by atoms with E-state index in [9.17, 15) is 4.79 Å².